The number of carbonyl (C=O) groups is 1. The molecule has 4 nitrogen and oxygen atoms in total. The molecule has 0 fully saturated rings. The van der Waals surface area contributed by atoms with Crippen LogP contribution in [0.15, 0.2) is 6.08 Å². The Hall–Kier alpha value is -1.58. The average Bonchev–Trinajstić information content (AvgIpc) is 2.51. The first-order valence-electron chi connectivity index (χ1n) is 6.02. The van der Waals surface area contributed by atoms with E-state index in [0.29, 0.717) is 0 Å². The summed E-state index contributed by atoms with van der Waals surface area (Å²) in [5.41, 5.74) is 3.04. The Bertz CT molecular complexity index is 419. The van der Waals surface area contributed by atoms with Gasteiger partial charge < -0.3 is 5.32 Å². The fourth-order valence-electron chi connectivity index (χ4n) is 1.64. The van der Waals surface area contributed by atoms with Gasteiger partial charge in [-0.1, -0.05) is 13.3 Å². The molecule has 0 aliphatic rings. The zero-order valence-corrected chi connectivity index (χ0v) is 11.1. The molecule has 0 aromatic carbocycles. The van der Waals surface area contributed by atoms with Gasteiger partial charge in [-0.25, -0.2) is 0 Å². The van der Waals surface area contributed by atoms with E-state index in [-0.39, 0.29) is 5.91 Å². The molecule has 94 valence electrons. The van der Waals surface area contributed by atoms with E-state index in [4.69, 9.17) is 0 Å². The molecule has 1 rings (SSSR count). The molecule has 1 heterocycles. The fourth-order valence-corrected chi connectivity index (χ4v) is 1.64. The molecular weight excluding hydrogens is 214 g/mol. The summed E-state index contributed by atoms with van der Waals surface area (Å²) >= 11 is 0. The number of hydrogen-bond donors (Lipinski definition) is 1. The molecule has 0 radical (unpaired) electrons. The summed E-state index contributed by atoms with van der Waals surface area (Å²) < 4.78 is 1.82. The number of rotatable bonds is 5. The third kappa shape index (κ3) is 3.73. The predicted molar refractivity (Wildman–Crippen MR) is 69.6 cm³/mol. The zero-order valence-electron chi connectivity index (χ0n) is 11.1. The van der Waals surface area contributed by atoms with Crippen molar-refractivity contribution in [1.82, 2.24) is 15.1 Å². The van der Waals surface area contributed by atoms with Crippen molar-refractivity contribution in [2.24, 2.45) is 7.05 Å². The maximum absolute atomic E-state index is 11.5. The summed E-state index contributed by atoms with van der Waals surface area (Å²) in [5, 5.41) is 7.14. The van der Waals surface area contributed by atoms with Crippen molar-refractivity contribution in [2.45, 2.75) is 33.6 Å². The van der Waals surface area contributed by atoms with Crippen LogP contribution in [-0.4, -0.2) is 22.2 Å². The van der Waals surface area contributed by atoms with Crippen molar-refractivity contribution in [1.29, 1.82) is 0 Å². The lowest BCUT2D eigenvalue weighted by atomic mass is 10.2. The first kappa shape index (κ1) is 13.5. The topological polar surface area (TPSA) is 46.9 Å². The van der Waals surface area contributed by atoms with Crippen molar-refractivity contribution >= 4 is 12.0 Å². The Balaban J connectivity index is 2.61. The number of aryl methyl sites for hydroxylation is 2. The van der Waals surface area contributed by atoms with E-state index in [1.807, 2.05) is 31.7 Å². The van der Waals surface area contributed by atoms with Gasteiger partial charge in [0.2, 0.25) is 5.91 Å². The Morgan fingerprint density at radius 1 is 1.47 bits per heavy atom. The standard InChI is InChI=1S/C13H21N3O/c1-5-6-9-14-13(17)8-7-12-10(2)15-16(4)11(12)3/h7-8H,5-6,9H2,1-4H3,(H,14,17)/b8-7+. The first-order valence-corrected chi connectivity index (χ1v) is 6.02. The molecule has 0 saturated carbocycles. The SMILES string of the molecule is CCCCNC(=O)/C=C/c1c(C)nn(C)c1C. The van der Waals surface area contributed by atoms with Crippen molar-refractivity contribution in [3.63, 3.8) is 0 Å². The molecule has 1 aromatic heterocycles. The van der Waals surface area contributed by atoms with Gasteiger partial charge in [0, 0.05) is 30.9 Å². The molecule has 0 spiro atoms. The zero-order chi connectivity index (χ0) is 12.8. The summed E-state index contributed by atoms with van der Waals surface area (Å²) in [4.78, 5) is 11.5. The van der Waals surface area contributed by atoms with Crippen LogP contribution in [0.4, 0.5) is 0 Å². The van der Waals surface area contributed by atoms with Gasteiger partial charge in [-0.15, -0.1) is 0 Å². The van der Waals surface area contributed by atoms with E-state index >= 15 is 0 Å². The molecule has 0 unspecified atom stereocenters. The van der Waals surface area contributed by atoms with Gasteiger partial charge in [0.15, 0.2) is 0 Å². The van der Waals surface area contributed by atoms with Crippen molar-refractivity contribution in [3.8, 4) is 0 Å². The van der Waals surface area contributed by atoms with Crippen molar-refractivity contribution in [3.05, 3.63) is 23.0 Å². The van der Waals surface area contributed by atoms with Crippen LogP contribution in [0.2, 0.25) is 0 Å². The second kappa shape index (κ2) is 6.23. The largest absolute Gasteiger partial charge is 0.353 e. The number of amides is 1. The lowest BCUT2D eigenvalue weighted by Gasteiger charge is -1.99. The smallest absolute Gasteiger partial charge is 0.244 e. The monoisotopic (exact) mass is 235 g/mol. The molecular formula is C13H21N3O. The minimum Gasteiger partial charge on any atom is -0.353 e. The number of aromatic nitrogens is 2. The maximum atomic E-state index is 11.5. The number of carbonyl (C=O) groups excluding carboxylic acids is 1. The fraction of sp³-hybridized carbons (Fsp3) is 0.538. The Kier molecular flexibility index (Phi) is 4.94. The van der Waals surface area contributed by atoms with Crippen molar-refractivity contribution in [2.75, 3.05) is 6.54 Å². The lowest BCUT2D eigenvalue weighted by Crippen LogP contribution is -2.21. The second-order valence-electron chi connectivity index (χ2n) is 4.19. The van der Waals surface area contributed by atoms with Gasteiger partial charge in [0.25, 0.3) is 0 Å². The third-order valence-electron chi connectivity index (χ3n) is 2.80. The lowest BCUT2D eigenvalue weighted by molar-refractivity contribution is -0.116. The van der Waals surface area contributed by atoms with E-state index in [1.54, 1.807) is 6.08 Å². The minimum absolute atomic E-state index is 0.0406. The molecule has 17 heavy (non-hydrogen) atoms. The molecule has 1 amide bonds. The molecule has 0 aliphatic carbocycles. The molecule has 0 saturated heterocycles. The van der Waals surface area contributed by atoms with E-state index in [1.165, 1.54) is 0 Å². The van der Waals surface area contributed by atoms with Crippen LogP contribution in [0, 0.1) is 13.8 Å². The molecule has 0 aliphatic heterocycles. The minimum atomic E-state index is -0.0406. The second-order valence-corrected chi connectivity index (χ2v) is 4.19. The highest BCUT2D eigenvalue weighted by Crippen LogP contribution is 2.13. The summed E-state index contributed by atoms with van der Waals surface area (Å²) in [6, 6.07) is 0. The highest BCUT2D eigenvalue weighted by atomic mass is 16.1. The summed E-state index contributed by atoms with van der Waals surface area (Å²) in [5.74, 6) is -0.0406. The van der Waals surface area contributed by atoms with Crippen LogP contribution < -0.4 is 5.32 Å². The van der Waals surface area contributed by atoms with Gasteiger partial charge in [0.1, 0.15) is 0 Å². The Labute approximate surface area is 103 Å². The summed E-state index contributed by atoms with van der Waals surface area (Å²) in [7, 11) is 1.90. The average molecular weight is 235 g/mol. The van der Waals surface area contributed by atoms with E-state index in [9.17, 15) is 4.79 Å². The van der Waals surface area contributed by atoms with Crippen molar-refractivity contribution < 1.29 is 4.79 Å². The van der Waals surface area contributed by atoms with E-state index < -0.39 is 0 Å². The predicted octanol–water partition coefficient (Wildman–Crippen LogP) is 1.97. The molecule has 0 atom stereocenters. The number of nitrogens with zero attached hydrogens (tertiary/aromatic N) is 2. The van der Waals surface area contributed by atoms with Gasteiger partial charge in [-0.2, -0.15) is 5.10 Å². The molecule has 1 N–H and O–H groups in total. The van der Waals surface area contributed by atoms with Crippen LogP contribution in [0.5, 0.6) is 0 Å². The van der Waals surface area contributed by atoms with Crippen LogP contribution in [0.25, 0.3) is 6.08 Å². The van der Waals surface area contributed by atoms with E-state index in [2.05, 4.69) is 17.3 Å². The number of hydrogen-bond acceptors (Lipinski definition) is 2. The third-order valence-corrected chi connectivity index (χ3v) is 2.80. The molecule has 1 aromatic rings. The number of unbranched alkanes of at least 4 members (excludes halogenated alkanes) is 1. The van der Waals surface area contributed by atoms with E-state index in [0.717, 1.165) is 36.3 Å². The number of nitrogens with one attached hydrogen (secondary N) is 1. The first-order chi connectivity index (χ1) is 8.06. The molecule has 0 bridgehead atoms. The summed E-state index contributed by atoms with van der Waals surface area (Å²) in [6.07, 6.45) is 5.51. The van der Waals surface area contributed by atoms with Gasteiger partial charge in [0.05, 0.1) is 5.69 Å². The van der Waals surface area contributed by atoms with Gasteiger partial charge in [-0.05, 0) is 26.3 Å². The molecule has 4 heteroatoms. The van der Waals surface area contributed by atoms with Crippen LogP contribution in [0.3, 0.4) is 0 Å². The van der Waals surface area contributed by atoms with Gasteiger partial charge >= 0.3 is 0 Å². The summed E-state index contributed by atoms with van der Waals surface area (Å²) in [6.45, 7) is 6.78. The Morgan fingerprint density at radius 3 is 2.71 bits per heavy atom. The Morgan fingerprint density at radius 2 is 2.18 bits per heavy atom. The van der Waals surface area contributed by atoms with Gasteiger partial charge in [-0.3, -0.25) is 9.48 Å². The normalized spacial score (nSPS) is 11.1. The highest BCUT2D eigenvalue weighted by molar-refractivity contribution is 5.91. The van der Waals surface area contributed by atoms with Crippen LogP contribution >= 0.6 is 0 Å². The quantitative estimate of drug-likeness (QED) is 0.626. The van der Waals surface area contributed by atoms with Crippen LogP contribution in [0.1, 0.15) is 36.7 Å². The maximum Gasteiger partial charge on any atom is 0.244 e. The highest BCUT2D eigenvalue weighted by Gasteiger charge is 2.06. The van der Waals surface area contributed by atoms with Crippen LogP contribution in [-0.2, 0) is 11.8 Å².